The van der Waals surface area contributed by atoms with E-state index in [0.29, 0.717) is 21.9 Å². The zero-order valence-electron chi connectivity index (χ0n) is 19.3. The number of carbonyl (C=O) groups excluding carboxylic acids is 2. The second kappa shape index (κ2) is 8.29. The molecule has 4 atom stereocenters. The van der Waals surface area contributed by atoms with Gasteiger partial charge in [0.2, 0.25) is 5.60 Å². The van der Waals surface area contributed by atoms with Crippen molar-refractivity contribution in [2.75, 3.05) is 21.3 Å². The molecule has 0 radical (unpaired) electrons. The maximum absolute atomic E-state index is 14.2. The summed E-state index contributed by atoms with van der Waals surface area (Å²) in [4.78, 5) is 27.3. The Morgan fingerprint density at radius 3 is 2.29 bits per heavy atom. The fourth-order valence-electron chi connectivity index (χ4n) is 5.52. The van der Waals surface area contributed by atoms with Crippen molar-refractivity contribution in [2.45, 2.75) is 17.1 Å². The lowest BCUT2D eigenvalue weighted by Gasteiger charge is -2.39. The molecule has 5 rings (SSSR count). The summed E-state index contributed by atoms with van der Waals surface area (Å²) in [7, 11) is 4.13. The maximum Gasteiger partial charge on any atom is 0.317 e. The van der Waals surface area contributed by atoms with Crippen LogP contribution >= 0.6 is 11.6 Å². The number of halogens is 1. The smallest absolute Gasteiger partial charge is 0.317 e. The monoisotopic (exact) mass is 494 g/mol. The quantitative estimate of drug-likeness (QED) is 0.423. The van der Waals surface area contributed by atoms with E-state index in [-0.39, 0.29) is 17.1 Å². The fraction of sp³-hybridized carbons (Fsp3) is 0.259. The molecule has 1 saturated carbocycles. The first-order valence-corrected chi connectivity index (χ1v) is 11.3. The van der Waals surface area contributed by atoms with Crippen molar-refractivity contribution in [1.29, 1.82) is 0 Å². The molecule has 0 aromatic heterocycles. The Morgan fingerprint density at radius 2 is 1.69 bits per heavy atom. The van der Waals surface area contributed by atoms with Crippen molar-refractivity contribution in [1.82, 2.24) is 0 Å². The van der Waals surface area contributed by atoms with Crippen molar-refractivity contribution in [3.8, 4) is 17.2 Å². The van der Waals surface area contributed by atoms with Gasteiger partial charge >= 0.3 is 5.97 Å². The third kappa shape index (κ3) is 3.01. The minimum Gasteiger partial charge on any atom is -0.496 e. The van der Waals surface area contributed by atoms with E-state index >= 15 is 0 Å². The Kier molecular flexibility index (Phi) is 5.49. The van der Waals surface area contributed by atoms with Crippen LogP contribution in [0.1, 0.15) is 22.6 Å². The zero-order chi connectivity index (χ0) is 25.0. The van der Waals surface area contributed by atoms with Gasteiger partial charge in [0.05, 0.1) is 32.8 Å². The van der Waals surface area contributed by atoms with Crippen LogP contribution in [0, 0.1) is 5.92 Å². The van der Waals surface area contributed by atoms with E-state index in [0.717, 1.165) is 0 Å². The molecule has 1 N–H and O–H groups in total. The summed E-state index contributed by atoms with van der Waals surface area (Å²) in [6, 6.07) is 18.8. The lowest BCUT2D eigenvalue weighted by molar-refractivity contribution is -0.155. The van der Waals surface area contributed by atoms with Gasteiger partial charge in [-0.1, -0.05) is 54.1 Å². The molecule has 180 valence electrons. The van der Waals surface area contributed by atoms with Crippen LogP contribution < -0.4 is 14.2 Å². The summed E-state index contributed by atoms with van der Waals surface area (Å²) in [5.74, 6) is -2.95. The molecule has 35 heavy (non-hydrogen) atoms. The fourth-order valence-corrected chi connectivity index (χ4v) is 5.65. The van der Waals surface area contributed by atoms with Crippen LogP contribution in [0.4, 0.5) is 0 Å². The number of methoxy groups -OCH3 is 3. The molecule has 0 saturated heterocycles. The summed E-state index contributed by atoms with van der Waals surface area (Å²) >= 11 is 6.17. The third-order valence-corrected chi connectivity index (χ3v) is 7.21. The van der Waals surface area contributed by atoms with Gasteiger partial charge in [-0.2, -0.15) is 0 Å². The number of hydrogen-bond donors (Lipinski definition) is 1. The molecular formula is C27H23ClO7. The van der Waals surface area contributed by atoms with Crippen LogP contribution in [0.3, 0.4) is 0 Å². The van der Waals surface area contributed by atoms with E-state index in [9.17, 15) is 14.7 Å². The number of ketones is 1. The molecule has 0 amide bonds. The summed E-state index contributed by atoms with van der Waals surface area (Å²) in [6.07, 6.45) is 0. The first kappa shape index (κ1) is 23.2. The average Bonchev–Trinajstić information content (AvgIpc) is 3.26. The van der Waals surface area contributed by atoms with Gasteiger partial charge < -0.3 is 24.1 Å². The highest BCUT2D eigenvalue weighted by Gasteiger charge is 2.78. The molecule has 1 aliphatic carbocycles. The summed E-state index contributed by atoms with van der Waals surface area (Å²) in [5.41, 5.74) is -2.78. The normalized spacial score (nSPS) is 26.5. The van der Waals surface area contributed by atoms with Gasteiger partial charge in [0.15, 0.2) is 11.4 Å². The number of Topliss-reactive ketones (excluding diaryl/α,β-unsaturated/α-hetero) is 1. The van der Waals surface area contributed by atoms with Gasteiger partial charge in [-0.05, 0) is 23.3 Å². The lowest BCUT2D eigenvalue weighted by atomic mass is 9.70. The number of carbonyl (C=O) groups is 2. The topological polar surface area (TPSA) is 91.3 Å². The molecule has 0 spiro atoms. The standard InChI is InChI=1S/C27H23ClO7/c1-32-18-13-19(33-2)23-20(14-18)35-27(16-9-11-17(28)12-10-16)22(15-7-5-4-6-8-15)21(25(30)34-3)24(29)26(23,27)31/h4-14,21-22,31H,1-3H3/t21-,22-,26+,27+/m1/s1. The van der Waals surface area contributed by atoms with Crippen LogP contribution in [-0.2, 0) is 25.5 Å². The molecule has 1 heterocycles. The second-order valence-electron chi connectivity index (χ2n) is 8.51. The highest BCUT2D eigenvalue weighted by atomic mass is 35.5. The third-order valence-electron chi connectivity index (χ3n) is 6.96. The van der Waals surface area contributed by atoms with Crippen molar-refractivity contribution in [3.05, 3.63) is 88.4 Å². The number of esters is 1. The number of benzene rings is 3. The average molecular weight is 495 g/mol. The van der Waals surface area contributed by atoms with Crippen molar-refractivity contribution < 1.29 is 33.6 Å². The molecular weight excluding hydrogens is 472 g/mol. The van der Waals surface area contributed by atoms with Crippen molar-refractivity contribution >= 4 is 23.4 Å². The van der Waals surface area contributed by atoms with Crippen LogP contribution in [0.25, 0.3) is 0 Å². The maximum atomic E-state index is 14.2. The molecule has 7 nitrogen and oxygen atoms in total. The first-order valence-electron chi connectivity index (χ1n) is 10.9. The molecule has 0 bridgehead atoms. The Balaban J connectivity index is 1.90. The van der Waals surface area contributed by atoms with Gasteiger partial charge in [0.1, 0.15) is 23.2 Å². The van der Waals surface area contributed by atoms with Gasteiger partial charge in [-0.15, -0.1) is 0 Å². The Bertz CT molecular complexity index is 1310. The van der Waals surface area contributed by atoms with Crippen molar-refractivity contribution in [3.63, 3.8) is 0 Å². The molecule has 8 heteroatoms. The van der Waals surface area contributed by atoms with E-state index in [2.05, 4.69) is 0 Å². The minimum absolute atomic E-state index is 0.132. The Hall–Kier alpha value is -3.55. The van der Waals surface area contributed by atoms with Gasteiger partial charge in [0, 0.05) is 17.2 Å². The Morgan fingerprint density at radius 1 is 1.00 bits per heavy atom. The van der Waals surface area contributed by atoms with Crippen LogP contribution in [0.5, 0.6) is 17.2 Å². The van der Waals surface area contributed by atoms with E-state index in [4.69, 9.17) is 30.5 Å². The van der Waals surface area contributed by atoms with Gasteiger partial charge in [-0.3, -0.25) is 9.59 Å². The van der Waals surface area contributed by atoms with Crippen LogP contribution in [-0.4, -0.2) is 38.2 Å². The summed E-state index contributed by atoms with van der Waals surface area (Å²) < 4.78 is 22.6. The van der Waals surface area contributed by atoms with E-state index in [1.54, 1.807) is 60.7 Å². The van der Waals surface area contributed by atoms with Crippen LogP contribution in [0.2, 0.25) is 5.02 Å². The molecule has 1 fully saturated rings. The number of rotatable bonds is 5. The molecule has 3 aromatic rings. The number of aliphatic hydroxyl groups is 1. The van der Waals surface area contributed by atoms with Crippen molar-refractivity contribution in [2.24, 2.45) is 5.92 Å². The van der Waals surface area contributed by atoms with E-state index < -0.39 is 34.8 Å². The second-order valence-corrected chi connectivity index (χ2v) is 8.95. The van der Waals surface area contributed by atoms with Crippen LogP contribution in [0.15, 0.2) is 66.7 Å². The molecule has 3 aromatic carbocycles. The van der Waals surface area contributed by atoms with E-state index in [1.807, 2.05) is 6.07 Å². The lowest BCUT2D eigenvalue weighted by Crippen LogP contribution is -2.50. The zero-order valence-corrected chi connectivity index (χ0v) is 20.0. The van der Waals surface area contributed by atoms with Gasteiger partial charge in [-0.25, -0.2) is 0 Å². The largest absolute Gasteiger partial charge is 0.496 e. The predicted molar refractivity (Wildman–Crippen MR) is 127 cm³/mol. The number of fused-ring (bicyclic) bond motifs is 3. The SMILES string of the molecule is COC(=O)[C@H]1C(=O)[C@@]2(O)c3c(OC)cc(OC)cc3O[C@@]2(c2ccc(Cl)cc2)[C@@H]1c1ccccc1. The highest BCUT2D eigenvalue weighted by Crippen LogP contribution is 2.68. The molecule has 2 aliphatic rings. The Labute approximate surface area is 207 Å². The minimum atomic E-state index is -2.28. The van der Waals surface area contributed by atoms with E-state index in [1.165, 1.54) is 21.3 Å². The van der Waals surface area contributed by atoms with Gasteiger partial charge in [0.25, 0.3) is 0 Å². The highest BCUT2D eigenvalue weighted by molar-refractivity contribution is 6.30. The number of ether oxygens (including phenoxy) is 4. The number of hydrogen-bond acceptors (Lipinski definition) is 7. The summed E-state index contributed by atoms with van der Waals surface area (Å²) in [6.45, 7) is 0. The molecule has 1 aliphatic heterocycles. The molecule has 0 unspecified atom stereocenters. The summed E-state index contributed by atoms with van der Waals surface area (Å²) in [5, 5.41) is 13.0. The predicted octanol–water partition coefficient (Wildman–Crippen LogP) is 3.99. The first-order chi connectivity index (χ1) is 16.8.